The molecule has 2 unspecified atom stereocenters. The van der Waals surface area contributed by atoms with Crippen molar-refractivity contribution in [3.05, 3.63) is 0 Å². The van der Waals surface area contributed by atoms with Gasteiger partial charge in [-0.1, -0.05) is 5.92 Å². The van der Waals surface area contributed by atoms with Crippen LogP contribution in [-0.4, -0.2) is 25.0 Å². The van der Waals surface area contributed by atoms with Gasteiger partial charge in [0, 0.05) is 12.6 Å². The second kappa shape index (κ2) is 5.66. The van der Waals surface area contributed by atoms with Crippen LogP contribution in [0.5, 0.6) is 0 Å². The van der Waals surface area contributed by atoms with Gasteiger partial charge in [-0.2, -0.15) is 0 Å². The minimum Gasteiger partial charge on any atom is -0.345 e. The van der Waals surface area contributed by atoms with E-state index in [1.54, 1.807) is 6.92 Å². The van der Waals surface area contributed by atoms with Crippen molar-refractivity contribution < 1.29 is 4.79 Å². The fourth-order valence-electron chi connectivity index (χ4n) is 1.59. The van der Waals surface area contributed by atoms with E-state index < -0.39 is 0 Å². The molecule has 3 heteroatoms. The van der Waals surface area contributed by atoms with Crippen LogP contribution in [0.2, 0.25) is 0 Å². The van der Waals surface area contributed by atoms with Gasteiger partial charge in [0.2, 0.25) is 5.91 Å². The van der Waals surface area contributed by atoms with E-state index in [0.29, 0.717) is 12.6 Å². The molecule has 1 fully saturated rings. The second-order valence-corrected chi connectivity index (χ2v) is 3.73. The Hall–Kier alpha value is -1.01. The highest BCUT2D eigenvalue weighted by Gasteiger charge is 2.23. The van der Waals surface area contributed by atoms with Gasteiger partial charge in [-0.25, -0.2) is 0 Å². The van der Waals surface area contributed by atoms with Crippen LogP contribution in [0.25, 0.3) is 0 Å². The van der Waals surface area contributed by atoms with Crippen molar-refractivity contribution in [1.82, 2.24) is 10.6 Å². The van der Waals surface area contributed by atoms with E-state index in [-0.39, 0.29) is 11.8 Å². The first-order valence-corrected chi connectivity index (χ1v) is 5.14. The van der Waals surface area contributed by atoms with E-state index in [9.17, 15) is 4.79 Å². The zero-order valence-corrected chi connectivity index (χ0v) is 8.89. The third-order valence-corrected chi connectivity index (χ3v) is 2.56. The standard InChI is InChI=1S/C11H18N2O/c1-3-4-7-12-11(14)10-6-5-9(2)13-8-10/h9-10,13H,5-8H2,1-2H3,(H,12,14). The van der Waals surface area contributed by atoms with Gasteiger partial charge in [0.05, 0.1) is 12.5 Å². The summed E-state index contributed by atoms with van der Waals surface area (Å²) in [5, 5.41) is 6.12. The van der Waals surface area contributed by atoms with Crippen LogP contribution in [-0.2, 0) is 4.79 Å². The van der Waals surface area contributed by atoms with Gasteiger partial charge in [-0.15, -0.1) is 5.92 Å². The Morgan fingerprint density at radius 2 is 2.36 bits per heavy atom. The maximum Gasteiger partial charge on any atom is 0.225 e. The molecule has 3 nitrogen and oxygen atoms in total. The van der Waals surface area contributed by atoms with Crippen molar-refractivity contribution in [1.29, 1.82) is 0 Å². The molecule has 1 amide bonds. The summed E-state index contributed by atoms with van der Waals surface area (Å²) >= 11 is 0. The van der Waals surface area contributed by atoms with Gasteiger partial charge in [0.25, 0.3) is 0 Å². The van der Waals surface area contributed by atoms with E-state index in [0.717, 1.165) is 19.4 Å². The van der Waals surface area contributed by atoms with Gasteiger partial charge in [0.1, 0.15) is 0 Å². The van der Waals surface area contributed by atoms with Gasteiger partial charge in [-0.05, 0) is 26.7 Å². The van der Waals surface area contributed by atoms with Crippen LogP contribution in [0.1, 0.15) is 26.7 Å². The lowest BCUT2D eigenvalue weighted by molar-refractivity contribution is -0.125. The Kier molecular flexibility index (Phi) is 4.48. The highest BCUT2D eigenvalue weighted by Crippen LogP contribution is 2.13. The molecule has 0 aliphatic carbocycles. The molecule has 1 aliphatic heterocycles. The Bertz CT molecular complexity index is 244. The average molecular weight is 194 g/mol. The van der Waals surface area contributed by atoms with Crippen LogP contribution < -0.4 is 10.6 Å². The molecule has 0 aromatic rings. The fraction of sp³-hybridized carbons (Fsp3) is 0.727. The lowest BCUT2D eigenvalue weighted by Gasteiger charge is -2.26. The lowest BCUT2D eigenvalue weighted by atomic mass is 9.95. The van der Waals surface area contributed by atoms with Crippen molar-refractivity contribution in [3.63, 3.8) is 0 Å². The Labute approximate surface area is 85.6 Å². The van der Waals surface area contributed by atoms with Crippen molar-refractivity contribution >= 4 is 5.91 Å². The molecule has 0 radical (unpaired) electrons. The minimum absolute atomic E-state index is 0.129. The van der Waals surface area contributed by atoms with Crippen molar-refractivity contribution in [2.45, 2.75) is 32.7 Å². The Morgan fingerprint density at radius 1 is 1.57 bits per heavy atom. The molecule has 78 valence electrons. The fourth-order valence-corrected chi connectivity index (χ4v) is 1.59. The number of carbonyl (C=O) groups excluding carboxylic acids is 1. The summed E-state index contributed by atoms with van der Waals surface area (Å²) in [4.78, 5) is 11.6. The molecule has 2 N–H and O–H groups in total. The van der Waals surface area contributed by atoms with Crippen LogP contribution in [0.4, 0.5) is 0 Å². The van der Waals surface area contributed by atoms with Crippen LogP contribution >= 0.6 is 0 Å². The van der Waals surface area contributed by atoms with E-state index in [1.807, 2.05) is 0 Å². The molecule has 0 spiro atoms. The van der Waals surface area contributed by atoms with Gasteiger partial charge < -0.3 is 10.6 Å². The van der Waals surface area contributed by atoms with Crippen molar-refractivity contribution in [2.75, 3.05) is 13.1 Å². The van der Waals surface area contributed by atoms with E-state index >= 15 is 0 Å². The molecule has 0 bridgehead atoms. The molecule has 14 heavy (non-hydrogen) atoms. The largest absolute Gasteiger partial charge is 0.345 e. The summed E-state index contributed by atoms with van der Waals surface area (Å²) in [6.45, 7) is 5.20. The summed E-state index contributed by atoms with van der Waals surface area (Å²) in [5.74, 6) is 5.84. The lowest BCUT2D eigenvalue weighted by Crippen LogP contribution is -2.44. The third kappa shape index (κ3) is 3.39. The first-order chi connectivity index (χ1) is 6.74. The normalized spacial score (nSPS) is 26.1. The Morgan fingerprint density at radius 3 is 2.93 bits per heavy atom. The molecule has 1 aliphatic rings. The molecule has 0 aromatic carbocycles. The molecular formula is C11H18N2O. The minimum atomic E-state index is 0.129. The summed E-state index contributed by atoms with van der Waals surface area (Å²) in [6, 6.07) is 0.550. The summed E-state index contributed by atoms with van der Waals surface area (Å²) in [5.41, 5.74) is 0. The summed E-state index contributed by atoms with van der Waals surface area (Å²) in [6.07, 6.45) is 2.07. The van der Waals surface area contributed by atoms with Crippen molar-refractivity contribution in [2.24, 2.45) is 5.92 Å². The molecule has 2 atom stereocenters. The van der Waals surface area contributed by atoms with Crippen molar-refractivity contribution in [3.8, 4) is 11.8 Å². The molecular weight excluding hydrogens is 176 g/mol. The number of rotatable bonds is 2. The highest BCUT2D eigenvalue weighted by molar-refractivity contribution is 5.79. The monoisotopic (exact) mass is 194 g/mol. The third-order valence-electron chi connectivity index (χ3n) is 2.56. The number of amides is 1. The molecule has 1 heterocycles. The maximum absolute atomic E-state index is 11.6. The smallest absolute Gasteiger partial charge is 0.225 e. The summed E-state index contributed by atoms with van der Waals surface area (Å²) in [7, 11) is 0. The van der Waals surface area contributed by atoms with Gasteiger partial charge >= 0.3 is 0 Å². The maximum atomic E-state index is 11.6. The van der Waals surface area contributed by atoms with Crippen LogP contribution in [0.15, 0.2) is 0 Å². The molecule has 0 saturated carbocycles. The van der Waals surface area contributed by atoms with Crippen LogP contribution in [0.3, 0.4) is 0 Å². The van der Waals surface area contributed by atoms with Gasteiger partial charge in [0.15, 0.2) is 0 Å². The van der Waals surface area contributed by atoms with E-state index in [4.69, 9.17) is 0 Å². The SMILES string of the molecule is CC#CCNC(=O)C1CCC(C)NC1. The number of piperidine rings is 1. The Balaban J connectivity index is 2.26. The topological polar surface area (TPSA) is 41.1 Å². The van der Waals surface area contributed by atoms with Crippen LogP contribution in [0, 0.1) is 17.8 Å². The van der Waals surface area contributed by atoms with E-state index in [1.165, 1.54) is 0 Å². The zero-order chi connectivity index (χ0) is 10.4. The number of hydrogen-bond acceptors (Lipinski definition) is 2. The number of nitrogens with one attached hydrogen (secondary N) is 2. The molecule has 1 rings (SSSR count). The predicted molar refractivity (Wildman–Crippen MR) is 56.6 cm³/mol. The molecule has 1 saturated heterocycles. The zero-order valence-electron chi connectivity index (χ0n) is 8.89. The second-order valence-electron chi connectivity index (χ2n) is 3.73. The summed E-state index contributed by atoms with van der Waals surface area (Å²) < 4.78 is 0. The predicted octanol–water partition coefficient (Wildman–Crippen LogP) is 0.514. The first-order valence-electron chi connectivity index (χ1n) is 5.14. The van der Waals surface area contributed by atoms with E-state index in [2.05, 4.69) is 29.4 Å². The molecule has 0 aromatic heterocycles. The quantitative estimate of drug-likeness (QED) is 0.629. The van der Waals surface area contributed by atoms with Gasteiger partial charge in [-0.3, -0.25) is 4.79 Å². The average Bonchev–Trinajstić information content (AvgIpc) is 2.19. The number of hydrogen-bond donors (Lipinski definition) is 2. The highest BCUT2D eigenvalue weighted by atomic mass is 16.1. The first kappa shape index (κ1) is 11.1. The number of carbonyl (C=O) groups is 1.